The SMILES string of the molecule is CCC(C)C(NC(=O)C(Cc1cnc[nH]1)NC(=O)C(CS)NC(=O)CN)C(=O)O. The zero-order valence-corrected chi connectivity index (χ0v) is 17.2. The number of nitrogens with zero attached hydrogens (tertiary/aromatic N) is 1. The van der Waals surface area contributed by atoms with Crippen molar-refractivity contribution in [2.45, 2.75) is 44.8 Å². The predicted octanol–water partition coefficient (Wildman–Crippen LogP) is -1.57. The summed E-state index contributed by atoms with van der Waals surface area (Å²) in [6.07, 6.45) is 3.50. The van der Waals surface area contributed by atoms with Gasteiger partial charge in [0.05, 0.1) is 12.9 Å². The Morgan fingerprint density at radius 1 is 1.21 bits per heavy atom. The highest BCUT2D eigenvalue weighted by atomic mass is 32.1. The third kappa shape index (κ3) is 7.74. The summed E-state index contributed by atoms with van der Waals surface area (Å²) >= 11 is 4.04. The number of amides is 3. The van der Waals surface area contributed by atoms with E-state index in [1.165, 1.54) is 12.5 Å². The Bertz CT molecular complexity index is 698. The molecule has 0 aliphatic carbocycles. The average molecular weight is 429 g/mol. The monoisotopic (exact) mass is 428 g/mol. The molecule has 1 heterocycles. The molecule has 0 radical (unpaired) electrons. The van der Waals surface area contributed by atoms with Crippen LogP contribution in [0.25, 0.3) is 0 Å². The van der Waals surface area contributed by atoms with Crippen molar-refractivity contribution in [3.05, 3.63) is 18.2 Å². The molecule has 4 unspecified atom stereocenters. The third-order valence-corrected chi connectivity index (χ3v) is 4.77. The molecule has 1 aromatic rings. The Balaban J connectivity index is 2.97. The summed E-state index contributed by atoms with van der Waals surface area (Å²) in [5, 5.41) is 16.8. The number of aliphatic carboxylic acids is 1. The molecule has 0 spiro atoms. The highest BCUT2D eigenvalue weighted by Gasteiger charge is 2.31. The van der Waals surface area contributed by atoms with E-state index in [1.54, 1.807) is 6.92 Å². The van der Waals surface area contributed by atoms with E-state index in [4.69, 9.17) is 5.73 Å². The maximum Gasteiger partial charge on any atom is 0.326 e. The molecule has 0 saturated heterocycles. The molecule has 0 aliphatic heterocycles. The second-order valence-corrected chi connectivity index (χ2v) is 6.92. The number of rotatable bonds is 12. The van der Waals surface area contributed by atoms with Crippen LogP contribution in [0.1, 0.15) is 26.0 Å². The Labute approximate surface area is 174 Å². The fourth-order valence-electron chi connectivity index (χ4n) is 2.48. The molecular weight excluding hydrogens is 400 g/mol. The Kier molecular flexibility index (Phi) is 10.2. The number of hydrogen-bond acceptors (Lipinski definition) is 7. The van der Waals surface area contributed by atoms with E-state index >= 15 is 0 Å². The molecule has 4 atom stereocenters. The van der Waals surface area contributed by atoms with E-state index in [-0.39, 0.29) is 24.6 Å². The Morgan fingerprint density at radius 2 is 1.86 bits per heavy atom. The van der Waals surface area contributed by atoms with Crippen molar-refractivity contribution in [3.63, 3.8) is 0 Å². The van der Waals surface area contributed by atoms with Gasteiger partial charge in [-0.15, -0.1) is 0 Å². The van der Waals surface area contributed by atoms with Gasteiger partial charge in [0.25, 0.3) is 0 Å². The first kappa shape index (κ1) is 24.4. The van der Waals surface area contributed by atoms with Gasteiger partial charge in [-0.2, -0.15) is 12.6 Å². The number of thiol groups is 1. The van der Waals surface area contributed by atoms with Gasteiger partial charge in [-0.05, 0) is 5.92 Å². The van der Waals surface area contributed by atoms with Crippen molar-refractivity contribution >= 4 is 36.3 Å². The molecule has 1 rings (SSSR count). The molecule has 162 valence electrons. The second-order valence-electron chi connectivity index (χ2n) is 6.56. The van der Waals surface area contributed by atoms with E-state index in [2.05, 4.69) is 38.5 Å². The molecule has 29 heavy (non-hydrogen) atoms. The van der Waals surface area contributed by atoms with Gasteiger partial charge in [0, 0.05) is 24.1 Å². The maximum atomic E-state index is 12.8. The number of aromatic amines is 1. The number of imidazole rings is 1. The molecular formula is C17H28N6O5S. The summed E-state index contributed by atoms with van der Waals surface area (Å²) in [4.78, 5) is 55.0. The molecule has 3 amide bonds. The number of nitrogens with two attached hydrogens (primary N) is 1. The van der Waals surface area contributed by atoms with Crippen molar-refractivity contribution in [2.75, 3.05) is 12.3 Å². The maximum absolute atomic E-state index is 12.8. The van der Waals surface area contributed by atoms with Gasteiger partial charge in [0.15, 0.2) is 0 Å². The molecule has 0 fully saturated rings. The summed E-state index contributed by atoms with van der Waals surface area (Å²) < 4.78 is 0. The van der Waals surface area contributed by atoms with Crippen molar-refractivity contribution in [1.29, 1.82) is 0 Å². The van der Waals surface area contributed by atoms with Crippen LogP contribution in [-0.2, 0) is 25.6 Å². The topological polar surface area (TPSA) is 179 Å². The lowest BCUT2D eigenvalue weighted by Gasteiger charge is -2.25. The molecule has 0 aliphatic rings. The largest absolute Gasteiger partial charge is 0.480 e. The average Bonchev–Trinajstić information content (AvgIpc) is 3.21. The summed E-state index contributed by atoms with van der Waals surface area (Å²) in [6.45, 7) is 3.22. The van der Waals surface area contributed by atoms with Crippen LogP contribution in [-0.4, -0.2) is 69.2 Å². The molecule has 0 bridgehead atoms. The van der Waals surface area contributed by atoms with Crippen LogP contribution in [0.5, 0.6) is 0 Å². The zero-order valence-electron chi connectivity index (χ0n) is 16.3. The number of H-pyrrole nitrogens is 1. The minimum absolute atomic E-state index is 0.0133. The van der Waals surface area contributed by atoms with Gasteiger partial charge in [-0.25, -0.2) is 9.78 Å². The fraction of sp³-hybridized carbons (Fsp3) is 0.588. The van der Waals surface area contributed by atoms with Gasteiger partial charge in [-0.1, -0.05) is 20.3 Å². The number of carbonyl (C=O) groups excluding carboxylic acids is 3. The van der Waals surface area contributed by atoms with Crippen LogP contribution >= 0.6 is 12.6 Å². The van der Waals surface area contributed by atoms with E-state index in [1.807, 2.05) is 6.92 Å². The highest BCUT2D eigenvalue weighted by Crippen LogP contribution is 2.09. The van der Waals surface area contributed by atoms with Crippen LogP contribution in [0.3, 0.4) is 0 Å². The van der Waals surface area contributed by atoms with E-state index in [0.717, 1.165) is 0 Å². The first-order valence-corrected chi connectivity index (χ1v) is 9.77. The van der Waals surface area contributed by atoms with Crippen molar-refractivity contribution in [3.8, 4) is 0 Å². The zero-order chi connectivity index (χ0) is 22.0. The number of aromatic nitrogens is 2. The van der Waals surface area contributed by atoms with Crippen LogP contribution in [0, 0.1) is 5.92 Å². The Morgan fingerprint density at radius 3 is 2.34 bits per heavy atom. The summed E-state index contributed by atoms with van der Waals surface area (Å²) in [5.74, 6) is -3.34. The normalized spacial score (nSPS) is 14.9. The van der Waals surface area contributed by atoms with Gasteiger partial charge >= 0.3 is 5.97 Å². The van der Waals surface area contributed by atoms with Crippen LogP contribution in [0.4, 0.5) is 0 Å². The highest BCUT2D eigenvalue weighted by molar-refractivity contribution is 7.80. The molecule has 0 aromatic carbocycles. The number of carboxylic acids is 1. The smallest absolute Gasteiger partial charge is 0.326 e. The van der Waals surface area contributed by atoms with Crippen LogP contribution in [0.2, 0.25) is 0 Å². The van der Waals surface area contributed by atoms with Crippen molar-refractivity contribution in [1.82, 2.24) is 25.9 Å². The van der Waals surface area contributed by atoms with E-state index in [0.29, 0.717) is 12.1 Å². The third-order valence-electron chi connectivity index (χ3n) is 4.41. The first-order chi connectivity index (χ1) is 13.7. The standard InChI is InChI=1S/C17H28N6O5S/c1-3-9(2)14(17(27)28)23-15(25)11(4-10-6-19-8-20-10)22-16(26)12(7-29)21-13(24)5-18/h6,8-9,11-12,14,29H,3-5,7,18H2,1-2H3,(H,19,20)(H,21,24)(H,22,26)(H,23,25)(H,27,28). The number of carboxylic acid groups (broad SMARTS) is 1. The van der Waals surface area contributed by atoms with Gasteiger partial charge in [0.2, 0.25) is 17.7 Å². The lowest BCUT2D eigenvalue weighted by atomic mass is 9.98. The van der Waals surface area contributed by atoms with Gasteiger partial charge in [0.1, 0.15) is 18.1 Å². The van der Waals surface area contributed by atoms with Crippen molar-refractivity contribution in [2.24, 2.45) is 11.7 Å². The molecule has 1 aromatic heterocycles. The van der Waals surface area contributed by atoms with Gasteiger partial charge in [-0.3, -0.25) is 14.4 Å². The second kappa shape index (κ2) is 12.1. The fourth-order valence-corrected chi connectivity index (χ4v) is 2.74. The van der Waals surface area contributed by atoms with Crippen LogP contribution in [0.15, 0.2) is 12.5 Å². The predicted molar refractivity (Wildman–Crippen MR) is 108 cm³/mol. The molecule has 0 saturated carbocycles. The van der Waals surface area contributed by atoms with Crippen molar-refractivity contribution < 1.29 is 24.3 Å². The molecule has 11 nitrogen and oxygen atoms in total. The molecule has 12 heteroatoms. The van der Waals surface area contributed by atoms with Crippen LogP contribution < -0.4 is 21.7 Å². The Hall–Kier alpha value is -2.60. The van der Waals surface area contributed by atoms with E-state index in [9.17, 15) is 24.3 Å². The number of hydrogen-bond donors (Lipinski definition) is 7. The minimum Gasteiger partial charge on any atom is -0.480 e. The summed E-state index contributed by atoms with van der Waals surface area (Å²) in [7, 11) is 0. The molecule has 7 N–H and O–H groups in total. The summed E-state index contributed by atoms with van der Waals surface area (Å²) in [5.41, 5.74) is 5.80. The quantitative estimate of drug-likeness (QED) is 0.196. The number of carbonyl (C=O) groups is 4. The lowest BCUT2D eigenvalue weighted by molar-refractivity contribution is -0.143. The lowest BCUT2D eigenvalue weighted by Crippen LogP contribution is -2.58. The van der Waals surface area contributed by atoms with E-state index < -0.39 is 41.8 Å². The first-order valence-electron chi connectivity index (χ1n) is 9.14. The van der Waals surface area contributed by atoms with Gasteiger partial charge < -0.3 is 31.8 Å². The number of nitrogens with one attached hydrogen (secondary N) is 4. The minimum atomic E-state index is -1.16. The summed E-state index contributed by atoms with van der Waals surface area (Å²) in [6, 6.07) is -3.20.